The lowest BCUT2D eigenvalue weighted by Gasteiger charge is -2.07. The molecule has 0 fully saturated rings. The van der Waals surface area contributed by atoms with Crippen LogP contribution in [0.2, 0.25) is 5.28 Å². The topological polar surface area (TPSA) is 66.5 Å². The Bertz CT molecular complexity index is 742. The molecule has 0 radical (unpaired) electrons. The Balaban J connectivity index is 1.74. The molecule has 0 aliphatic rings. The summed E-state index contributed by atoms with van der Waals surface area (Å²) >= 11 is 5.83. The summed E-state index contributed by atoms with van der Waals surface area (Å²) in [5.41, 5.74) is 1.84. The number of aromatic amines is 1. The number of benzene rings is 1. The number of hydrogen-bond acceptors (Lipinski definition) is 4. The third kappa shape index (κ3) is 2.55. The lowest BCUT2D eigenvalue weighted by atomic mass is 10.1. The van der Waals surface area contributed by atoms with Crippen LogP contribution in [0.25, 0.3) is 11.2 Å². The number of nitrogens with zero attached hydrogens (tertiary/aromatic N) is 3. The predicted octanol–water partition coefficient (Wildman–Crippen LogP) is 2.80. The number of hydrogen-bond donors (Lipinski definition) is 2. The molecule has 7 heteroatoms. The van der Waals surface area contributed by atoms with Gasteiger partial charge in [-0.25, -0.2) is 9.37 Å². The summed E-state index contributed by atoms with van der Waals surface area (Å²) in [5, 5.41) is 3.24. The molecule has 0 aliphatic carbocycles. The molecule has 0 saturated heterocycles. The van der Waals surface area contributed by atoms with E-state index in [1.54, 1.807) is 12.1 Å². The largest absolute Gasteiger partial charge is 0.368 e. The molecule has 0 bridgehead atoms. The fourth-order valence-corrected chi connectivity index (χ4v) is 2.12. The fourth-order valence-electron chi connectivity index (χ4n) is 1.95. The molecule has 0 aliphatic heterocycles. The van der Waals surface area contributed by atoms with Crippen LogP contribution in [0.1, 0.15) is 5.56 Å². The normalized spacial score (nSPS) is 10.9. The summed E-state index contributed by atoms with van der Waals surface area (Å²) in [6.07, 6.45) is 2.07. The number of nitrogens with one attached hydrogen (secondary N) is 2. The van der Waals surface area contributed by atoms with E-state index in [9.17, 15) is 4.39 Å². The van der Waals surface area contributed by atoms with Crippen molar-refractivity contribution in [1.82, 2.24) is 19.9 Å². The summed E-state index contributed by atoms with van der Waals surface area (Å²) in [7, 11) is 0. The SMILES string of the molecule is Fc1ccccc1CCNc1nc(Cl)nc2nc[nH]c12. The van der Waals surface area contributed by atoms with Crippen LogP contribution in [0.3, 0.4) is 0 Å². The quantitative estimate of drug-likeness (QED) is 0.725. The number of H-pyrrole nitrogens is 1. The summed E-state index contributed by atoms with van der Waals surface area (Å²) in [4.78, 5) is 15.1. The minimum absolute atomic E-state index is 0.123. The van der Waals surface area contributed by atoms with Gasteiger partial charge in [0, 0.05) is 6.54 Å². The Labute approximate surface area is 119 Å². The average molecular weight is 292 g/mol. The first kappa shape index (κ1) is 12.8. The van der Waals surface area contributed by atoms with Gasteiger partial charge in [0.15, 0.2) is 11.5 Å². The molecule has 2 N–H and O–H groups in total. The van der Waals surface area contributed by atoms with E-state index in [0.29, 0.717) is 35.5 Å². The highest BCUT2D eigenvalue weighted by Crippen LogP contribution is 2.18. The minimum Gasteiger partial charge on any atom is -0.368 e. The Kier molecular flexibility index (Phi) is 3.47. The Hall–Kier alpha value is -2.21. The van der Waals surface area contributed by atoms with E-state index in [2.05, 4.69) is 25.3 Å². The van der Waals surface area contributed by atoms with Crippen molar-refractivity contribution in [2.45, 2.75) is 6.42 Å². The number of anilines is 1. The van der Waals surface area contributed by atoms with E-state index in [1.807, 2.05) is 6.07 Å². The summed E-state index contributed by atoms with van der Waals surface area (Å²) in [5.74, 6) is 0.357. The third-order valence-electron chi connectivity index (χ3n) is 2.90. The van der Waals surface area contributed by atoms with E-state index in [4.69, 9.17) is 11.6 Å². The first-order valence-electron chi connectivity index (χ1n) is 6.08. The smallest absolute Gasteiger partial charge is 0.226 e. The second-order valence-electron chi connectivity index (χ2n) is 4.21. The molecule has 0 unspecified atom stereocenters. The number of imidazole rings is 1. The zero-order chi connectivity index (χ0) is 13.9. The van der Waals surface area contributed by atoms with Crippen LogP contribution < -0.4 is 5.32 Å². The highest BCUT2D eigenvalue weighted by molar-refractivity contribution is 6.28. The molecule has 20 heavy (non-hydrogen) atoms. The average Bonchev–Trinajstić information content (AvgIpc) is 2.89. The number of rotatable bonds is 4. The van der Waals surface area contributed by atoms with E-state index in [-0.39, 0.29) is 11.1 Å². The van der Waals surface area contributed by atoms with Gasteiger partial charge in [-0.2, -0.15) is 9.97 Å². The molecule has 0 spiro atoms. The van der Waals surface area contributed by atoms with Gasteiger partial charge in [-0.05, 0) is 29.7 Å². The Morgan fingerprint density at radius 3 is 2.95 bits per heavy atom. The second-order valence-corrected chi connectivity index (χ2v) is 4.55. The minimum atomic E-state index is -0.207. The van der Waals surface area contributed by atoms with E-state index in [0.717, 1.165) is 0 Å². The molecule has 3 aromatic rings. The van der Waals surface area contributed by atoms with Gasteiger partial charge >= 0.3 is 0 Å². The first-order chi connectivity index (χ1) is 9.74. The summed E-state index contributed by atoms with van der Waals surface area (Å²) in [6.45, 7) is 0.530. The van der Waals surface area contributed by atoms with Crippen LogP contribution in [0, 0.1) is 5.82 Å². The molecule has 102 valence electrons. The first-order valence-corrected chi connectivity index (χ1v) is 6.46. The van der Waals surface area contributed by atoms with Gasteiger partial charge in [0.2, 0.25) is 5.28 Å². The molecule has 0 amide bonds. The maximum absolute atomic E-state index is 13.5. The van der Waals surface area contributed by atoms with Crippen LogP contribution in [0.4, 0.5) is 10.2 Å². The fraction of sp³-hybridized carbons (Fsp3) is 0.154. The molecular formula is C13H11ClFN5. The molecular weight excluding hydrogens is 281 g/mol. The molecule has 3 rings (SSSR count). The molecule has 0 saturated carbocycles. The lowest BCUT2D eigenvalue weighted by molar-refractivity contribution is 0.610. The van der Waals surface area contributed by atoms with Crippen LogP contribution in [0.15, 0.2) is 30.6 Å². The van der Waals surface area contributed by atoms with Gasteiger partial charge in [-0.3, -0.25) is 0 Å². The monoisotopic (exact) mass is 291 g/mol. The van der Waals surface area contributed by atoms with E-state index in [1.165, 1.54) is 12.4 Å². The summed E-state index contributed by atoms with van der Waals surface area (Å²) in [6, 6.07) is 6.69. The molecule has 0 atom stereocenters. The van der Waals surface area contributed by atoms with Gasteiger partial charge < -0.3 is 10.3 Å². The van der Waals surface area contributed by atoms with Crippen LogP contribution in [0.5, 0.6) is 0 Å². The predicted molar refractivity (Wildman–Crippen MR) is 75.3 cm³/mol. The van der Waals surface area contributed by atoms with Crippen molar-refractivity contribution in [3.05, 3.63) is 47.3 Å². The van der Waals surface area contributed by atoms with Gasteiger partial charge in [-0.1, -0.05) is 18.2 Å². The van der Waals surface area contributed by atoms with E-state index < -0.39 is 0 Å². The molecule has 5 nitrogen and oxygen atoms in total. The van der Waals surface area contributed by atoms with Crippen LogP contribution >= 0.6 is 11.6 Å². The van der Waals surface area contributed by atoms with Crippen LogP contribution in [-0.4, -0.2) is 26.5 Å². The third-order valence-corrected chi connectivity index (χ3v) is 3.07. The Morgan fingerprint density at radius 2 is 2.10 bits per heavy atom. The second kappa shape index (κ2) is 5.42. The Morgan fingerprint density at radius 1 is 1.25 bits per heavy atom. The van der Waals surface area contributed by atoms with Gasteiger partial charge in [-0.15, -0.1) is 0 Å². The molecule has 2 aromatic heterocycles. The van der Waals surface area contributed by atoms with Gasteiger partial charge in [0.05, 0.1) is 6.33 Å². The highest BCUT2D eigenvalue weighted by Gasteiger charge is 2.08. The van der Waals surface area contributed by atoms with E-state index >= 15 is 0 Å². The zero-order valence-corrected chi connectivity index (χ0v) is 11.2. The van der Waals surface area contributed by atoms with Crippen molar-refractivity contribution in [2.75, 3.05) is 11.9 Å². The van der Waals surface area contributed by atoms with Crippen molar-refractivity contribution in [1.29, 1.82) is 0 Å². The maximum Gasteiger partial charge on any atom is 0.226 e. The lowest BCUT2D eigenvalue weighted by Crippen LogP contribution is -2.08. The van der Waals surface area contributed by atoms with Crippen molar-refractivity contribution >= 4 is 28.6 Å². The van der Waals surface area contributed by atoms with Gasteiger partial charge in [0.1, 0.15) is 11.3 Å². The molecule has 2 heterocycles. The van der Waals surface area contributed by atoms with Crippen molar-refractivity contribution in [3.8, 4) is 0 Å². The standard InChI is InChI=1S/C13H11ClFN5/c14-13-19-11(10-12(20-13)18-7-17-10)16-6-5-8-3-1-2-4-9(8)15/h1-4,7H,5-6H2,(H2,16,17,18,19,20). The zero-order valence-electron chi connectivity index (χ0n) is 10.4. The number of halogens is 2. The maximum atomic E-state index is 13.5. The van der Waals surface area contributed by atoms with Crippen LogP contribution in [-0.2, 0) is 6.42 Å². The molecule has 1 aromatic carbocycles. The van der Waals surface area contributed by atoms with Crippen molar-refractivity contribution in [3.63, 3.8) is 0 Å². The van der Waals surface area contributed by atoms with Crippen molar-refractivity contribution in [2.24, 2.45) is 0 Å². The van der Waals surface area contributed by atoms with Gasteiger partial charge in [0.25, 0.3) is 0 Å². The number of aromatic nitrogens is 4. The number of fused-ring (bicyclic) bond motifs is 1. The summed E-state index contributed by atoms with van der Waals surface area (Å²) < 4.78 is 13.5. The highest BCUT2D eigenvalue weighted by atomic mass is 35.5. The van der Waals surface area contributed by atoms with Crippen molar-refractivity contribution < 1.29 is 4.39 Å².